The highest BCUT2D eigenvalue weighted by Gasteiger charge is 2.32. The molecular weight excluding hydrogens is 252 g/mol. The molecule has 0 aromatic carbocycles. The van der Waals surface area contributed by atoms with E-state index in [0.29, 0.717) is 0 Å². The lowest BCUT2D eigenvalue weighted by atomic mass is 9.95. The molecule has 0 saturated carbocycles. The topological polar surface area (TPSA) is 41.6 Å². The van der Waals surface area contributed by atoms with Crippen molar-refractivity contribution in [2.45, 2.75) is 58.9 Å². The Morgan fingerprint density at radius 2 is 2.05 bits per heavy atom. The maximum atomic E-state index is 11.9. The first-order valence-electron chi connectivity index (χ1n) is 7.91. The summed E-state index contributed by atoms with van der Waals surface area (Å²) >= 11 is 0. The van der Waals surface area contributed by atoms with Gasteiger partial charge in [0.1, 0.15) is 5.54 Å². The lowest BCUT2D eigenvalue weighted by Gasteiger charge is -2.29. The minimum absolute atomic E-state index is 0.157. The van der Waals surface area contributed by atoms with Crippen molar-refractivity contribution < 1.29 is 9.53 Å². The fraction of sp³-hybridized carbons (Fsp3) is 0.938. The Hall–Kier alpha value is -0.610. The van der Waals surface area contributed by atoms with Crippen LogP contribution in [0.1, 0.15) is 53.4 Å². The SMILES string of the molecule is CCCNC(C)(CCCN(C)CC(C)CC)C(=O)OC. The molecule has 0 bridgehead atoms. The fourth-order valence-electron chi connectivity index (χ4n) is 2.34. The first-order chi connectivity index (χ1) is 9.39. The van der Waals surface area contributed by atoms with E-state index >= 15 is 0 Å². The van der Waals surface area contributed by atoms with Crippen LogP contribution in [0.3, 0.4) is 0 Å². The molecular formula is C16H34N2O2. The van der Waals surface area contributed by atoms with Crippen LogP contribution in [-0.4, -0.2) is 50.2 Å². The number of hydrogen-bond acceptors (Lipinski definition) is 4. The number of carbonyl (C=O) groups excluding carboxylic acids is 1. The van der Waals surface area contributed by atoms with Crippen LogP contribution in [0.5, 0.6) is 0 Å². The fourth-order valence-corrected chi connectivity index (χ4v) is 2.34. The van der Waals surface area contributed by atoms with E-state index in [0.717, 1.165) is 44.8 Å². The molecule has 0 aliphatic carbocycles. The van der Waals surface area contributed by atoms with E-state index < -0.39 is 5.54 Å². The second kappa shape index (κ2) is 10.2. The van der Waals surface area contributed by atoms with Crippen molar-refractivity contribution in [3.63, 3.8) is 0 Å². The van der Waals surface area contributed by atoms with Crippen LogP contribution in [0.15, 0.2) is 0 Å². The Kier molecular flexibility index (Phi) is 9.86. The molecule has 120 valence electrons. The summed E-state index contributed by atoms with van der Waals surface area (Å²) < 4.78 is 4.94. The quantitative estimate of drug-likeness (QED) is 0.593. The third kappa shape index (κ3) is 7.25. The number of rotatable bonds is 11. The molecule has 0 spiro atoms. The second-order valence-electron chi connectivity index (χ2n) is 6.13. The molecule has 0 aromatic heterocycles. The molecule has 0 aromatic rings. The number of hydrogen-bond donors (Lipinski definition) is 1. The van der Waals surface area contributed by atoms with Gasteiger partial charge in [0.05, 0.1) is 7.11 Å². The van der Waals surface area contributed by atoms with Gasteiger partial charge in [0.2, 0.25) is 0 Å². The van der Waals surface area contributed by atoms with Gasteiger partial charge in [-0.1, -0.05) is 27.2 Å². The Morgan fingerprint density at radius 1 is 1.40 bits per heavy atom. The number of nitrogens with one attached hydrogen (secondary N) is 1. The second-order valence-corrected chi connectivity index (χ2v) is 6.13. The van der Waals surface area contributed by atoms with E-state index in [9.17, 15) is 4.79 Å². The smallest absolute Gasteiger partial charge is 0.325 e. The molecule has 2 unspecified atom stereocenters. The standard InChI is InChI=1S/C16H34N2O2/c1-7-11-17-16(4,15(19)20-6)10-9-12-18(5)13-14(3)8-2/h14,17H,7-13H2,1-6H3. The molecule has 0 rings (SSSR count). The van der Waals surface area contributed by atoms with Crippen molar-refractivity contribution in [3.8, 4) is 0 Å². The van der Waals surface area contributed by atoms with Crippen LogP contribution in [0.2, 0.25) is 0 Å². The molecule has 0 heterocycles. The first kappa shape index (κ1) is 19.4. The molecule has 20 heavy (non-hydrogen) atoms. The highest BCUT2D eigenvalue weighted by Crippen LogP contribution is 2.15. The molecule has 4 heteroatoms. The van der Waals surface area contributed by atoms with E-state index in [-0.39, 0.29) is 5.97 Å². The lowest BCUT2D eigenvalue weighted by Crippen LogP contribution is -2.50. The van der Waals surface area contributed by atoms with Crippen molar-refractivity contribution in [1.82, 2.24) is 10.2 Å². The summed E-state index contributed by atoms with van der Waals surface area (Å²) in [6.07, 6.45) is 4.03. The van der Waals surface area contributed by atoms with Crippen molar-refractivity contribution in [2.24, 2.45) is 5.92 Å². The van der Waals surface area contributed by atoms with Gasteiger partial charge in [0.25, 0.3) is 0 Å². The monoisotopic (exact) mass is 286 g/mol. The molecule has 0 saturated heterocycles. The van der Waals surface area contributed by atoms with Crippen LogP contribution in [0, 0.1) is 5.92 Å². The van der Waals surface area contributed by atoms with Crippen molar-refractivity contribution in [1.29, 1.82) is 0 Å². The van der Waals surface area contributed by atoms with Crippen LogP contribution >= 0.6 is 0 Å². The highest BCUT2D eigenvalue weighted by atomic mass is 16.5. The van der Waals surface area contributed by atoms with Crippen LogP contribution < -0.4 is 5.32 Å². The third-order valence-corrected chi connectivity index (χ3v) is 3.94. The molecule has 4 nitrogen and oxygen atoms in total. The summed E-state index contributed by atoms with van der Waals surface area (Å²) in [4.78, 5) is 14.3. The predicted molar refractivity (Wildman–Crippen MR) is 84.9 cm³/mol. The van der Waals surface area contributed by atoms with Crippen molar-refractivity contribution in [3.05, 3.63) is 0 Å². The molecule has 0 amide bonds. The van der Waals surface area contributed by atoms with E-state index in [1.807, 2.05) is 6.92 Å². The summed E-state index contributed by atoms with van der Waals surface area (Å²) in [6, 6.07) is 0. The minimum Gasteiger partial charge on any atom is -0.468 e. The minimum atomic E-state index is -0.554. The van der Waals surface area contributed by atoms with E-state index in [1.165, 1.54) is 13.5 Å². The van der Waals surface area contributed by atoms with Gasteiger partial charge in [-0.05, 0) is 52.2 Å². The number of methoxy groups -OCH3 is 1. The van der Waals surface area contributed by atoms with Crippen molar-refractivity contribution >= 4 is 5.97 Å². The summed E-state index contributed by atoms with van der Waals surface area (Å²) in [5, 5.41) is 3.33. The van der Waals surface area contributed by atoms with Gasteiger partial charge in [-0.15, -0.1) is 0 Å². The van der Waals surface area contributed by atoms with Gasteiger partial charge >= 0.3 is 5.97 Å². The maximum absolute atomic E-state index is 11.9. The number of ether oxygens (including phenoxy) is 1. The van der Waals surface area contributed by atoms with E-state index in [4.69, 9.17) is 4.74 Å². The Labute approximate surface area is 125 Å². The first-order valence-corrected chi connectivity index (χ1v) is 7.91. The predicted octanol–water partition coefficient (Wildman–Crippen LogP) is 2.68. The van der Waals surface area contributed by atoms with E-state index in [2.05, 4.69) is 38.0 Å². The van der Waals surface area contributed by atoms with Gasteiger partial charge in [0, 0.05) is 6.54 Å². The number of esters is 1. The zero-order valence-electron chi connectivity index (χ0n) is 14.3. The Balaban J connectivity index is 4.23. The van der Waals surface area contributed by atoms with Crippen LogP contribution in [0.25, 0.3) is 0 Å². The normalized spacial score (nSPS) is 15.9. The van der Waals surface area contributed by atoms with Crippen LogP contribution in [-0.2, 0) is 9.53 Å². The zero-order chi connectivity index (χ0) is 15.6. The molecule has 0 aliphatic rings. The summed E-state index contributed by atoms with van der Waals surface area (Å²) in [7, 11) is 3.62. The van der Waals surface area contributed by atoms with E-state index in [1.54, 1.807) is 0 Å². The number of carbonyl (C=O) groups is 1. The summed E-state index contributed by atoms with van der Waals surface area (Å²) in [5.74, 6) is 0.570. The lowest BCUT2D eigenvalue weighted by molar-refractivity contribution is -0.148. The summed E-state index contributed by atoms with van der Waals surface area (Å²) in [5.41, 5.74) is -0.554. The van der Waals surface area contributed by atoms with Gasteiger partial charge < -0.3 is 15.0 Å². The highest BCUT2D eigenvalue weighted by molar-refractivity contribution is 5.80. The molecule has 0 fully saturated rings. The van der Waals surface area contributed by atoms with Gasteiger partial charge in [-0.3, -0.25) is 4.79 Å². The molecule has 0 aliphatic heterocycles. The maximum Gasteiger partial charge on any atom is 0.325 e. The van der Waals surface area contributed by atoms with Gasteiger partial charge in [-0.2, -0.15) is 0 Å². The van der Waals surface area contributed by atoms with Crippen molar-refractivity contribution in [2.75, 3.05) is 33.8 Å². The van der Waals surface area contributed by atoms with Gasteiger partial charge in [0.15, 0.2) is 0 Å². The van der Waals surface area contributed by atoms with Crippen LogP contribution in [0.4, 0.5) is 0 Å². The zero-order valence-corrected chi connectivity index (χ0v) is 14.3. The average Bonchev–Trinajstić information content (AvgIpc) is 2.43. The Morgan fingerprint density at radius 3 is 2.55 bits per heavy atom. The largest absolute Gasteiger partial charge is 0.468 e. The third-order valence-electron chi connectivity index (χ3n) is 3.94. The Bertz CT molecular complexity index is 271. The summed E-state index contributed by atoms with van der Waals surface area (Å²) in [6.45, 7) is 11.5. The molecule has 2 atom stereocenters. The molecule has 0 radical (unpaired) electrons. The molecule has 1 N–H and O–H groups in total. The average molecular weight is 286 g/mol. The van der Waals surface area contributed by atoms with Gasteiger partial charge in [-0.25, -0.2) is 0 Å². The number of nitrogens with zero attached hydrogens (tertiary/aromatic N) is 1.